The van der Waals surface area contributed by atoms with Crippen LogP contribution in [0.25, 0.3) is 0 Å². The number of cyclic esters (lactones) is 1. The Labute approximate surface area is 266 Å². The number of benzene rings is 2. The van der Waals surface area contributed by atoms with E-state index in [0.29, 0.717) is 17.1 Å². The molecule has 45 heavy (non-hydrogen) atoms. The number of allylic oxidation sites excluding steroid dienone is 1. The van der Waals surface area contributed by atoms with E-state index >= 15 is 0 Å². The highest BCUT2D eigenvalue weighted by Crippen LogP contribution is 2.54. The van der Waals surface area contributed by atoms with E-state index in [1.54, 1.807) is 48.3 Å². The van der Waals surface area contributed by atoms with Crippen molar-refractivity contribution in [3.8, 4) is 0 Å². The number of aliphatic hydroxyl groups excluding tert-OH is 1. The quantitative estimate of drug-likeness (QED) is 0.391. The highest BCUT2D eigenvalue weighted by Gasteiger charge is 2.72. The van der Waals surface area contributed by atoms with E-state index in [-0.39, 0.29) is 19.6 Å². The largest absolute Gasteiger partial charge is 0.463 e. The molecule has 1 spiro atoms. The molecule has 3 amide bonds. The minimum atomic E-state index is -1.51. The van der Waals surface area contributed by atoms with Gasteiger partial charge >= 0.3 is 5.97 Å². The molecule has 4 aliphatic rings. The van der Waals surface area contributed by atoms with E-state index in [0.717, 1.165) is 11.1 Å². The summed E-state index contributed by atoms with van der Waals surface area (Å²) in [4.78, 5) is 58.8. The number of amides is 3. The maximum Gasteiger partial charge on any atom is 0.306 e. The maximum atomic E-state index is 14.6. The number of esters is 1. The molecule has 6 rings (SSSR count). The van der Waals surface area contributed by atoms with Crippen molar-refractivity contribution in [2.75, 3.05) is 24.7 Å². The normalized spacial score (nSPS) is 31.5. The summed E-state index contributed by atoms with van der Waals surface area (Å²) >= 11 is 6.61. The first-order valence-electron chi connectivity index (χ1n) is 15.2. The van der Waals surface area contributed by atoms with Crippen LogP contribution in [0.2, 0.25) is 5.02 Å². The molecule has 4 heterocycles. The Morgan fingerprint density at radius 1 is 1.07 bits per heavy atom. The van der Waals surface area contributed by atoms with Gasteiger partial charge in [0, 0.05) is 13.0 Å². The number of carbonyl (C=O) groups excluding carboxylic acids is 4. The van der Waals surface area contributed by atoms with E-state index in [9.17, 15) is 24.3 Å². The van der Waals surface area contributed by atoms with Crippen LogP contribution in [0.4, 0.5) is 5.69 Å². The van der Waals surface area contributed by atoms with Crippen molar-refractivity contribution in [1.82, 2.24) is 10.2 Å². The van der Waals surface area contributed by atoms with Crippen LogP contribution in [0.3, 0.4) is 0 Å². The lowest BCUT2D eigenvalue weighted by Crippen LogP contribution is -2.57. The van der Waals surface area contributed by atoms with Gasteiger partial charge in [0.2, 0.25) is 11.8 Å². The fourth-order valence-corrected chi connectivity index (χ4v) is 7.43. The van der Waals surface area contributed by atoms with E-state index < -0.39 is 72.0 Å². The molecule has 11 heteroatoms. The first kappa shape index (κ1) is 31.0. The Hall–Kier alpha value is -3.99. The first-order valence-corrected chi connectivity index (χ1v) is 15.6. The number of aliphatic hydroxyl groups is 1. The number of para-hydroxylation sites is 1. The second-order valence-corrected chi connectivity index (χ2v) is 12.4. The molecule has 2 saturated heterocycles. The number of carbonyl (C=O) groups is 4. The molecule has 4 aliphatic heterocycles. The number of aryl methyl sites for hydroxylation is 1. The van der Waals surface area contributed by atoms with Gasteiger partial charge in [-0.1, -0.05) is 78.4 Å². The summed E-state index contributed by atoms with van der Waals surface area (Å²) in [5.41, 5.74) is 0.531. The van der Waals surface area contributed by atoms with Crippen LogP contribution < -0.4 is 10.2 Å². The van der Waals surface area contributed by atoms with Gasteiger partial charge < -0.3 is 29.7 Å². The van der Waals surface area contributed by atoms with E-state index in [2.05, 4.69) is 5.32 Å². The molecular weight excluding hydrogens is 598 g/mol. The average Bonchev–Trinajstić information content (AvgIpc) is 3.42. The van der Waals surface area contributed by atoms with Crippen molar-refractivity contribution in [3.63, 3.8) is 0 Å². The Balaban J connectivity index is 1.45. The maximum absolute atomic E-state index is 14.6. The minimum absolute atomic E-state index is 0.0822. The fourth-order valence-electron chi connectivity index (χ4n) is 7.11. The summed E-state index contributed by atoms with van der Waals surface area (Å²) in [6.45, 7) is 3.21. The molecule has 7 atom stereocenters. The molecular formula is C34H36ClN3O7. The van der Waals surface area contributed by atoms with Gasteiger partial charge in [-0.3, -0.25) is 19.2 Å². The number of nitrogens with zero attached hydrogens (tertiary/aromatic N) is 2. The van der Waals surface area contributed by atoms with Crippen molar-refractivity contribution in [3.05, 3.63) is 89.0 Å². The lowest BCUT2D eigenvalue weighted by Gasteiger charge is -2.38. The third kappa shape index (κ3) is 5.34. The van der Waals surface area contributed by atoms with E-state index in [4.69, 9.17) is 21.1 Å². The Bertz CT molecular complexity index is 1540. The van der Waals surface area contributed by atoms with Crippen LogP contribution in [-0.4, -0.2) is 77.2 Å². The summed E-state index contributed by atoms with van der Waals surface area (Å²) in [6, 6.07) is 11.9. The van der Waals surface area contributed by atoms with Crippen LogP contribution in [0, 0.1) is 18.8 Å². The van der Waals surface area contributed by atoms with Gasteiger partial charge in [0.15, 0.2) is 0 Å². The van der Waals surface area contributed by atoms with Crippen molar-refractivity contribution in [1.29, 1.82) is 0 Å². The number of halogens is 1. The Morgan fingerprint density at radius 3 is 2.58 bits per heavy atom. The highest BCUT2D eigenvalue weighted by molar-refractivity contribution is 6.34. The molecule has 0 unspecified atom stereocenters. The number of fused-ring (bicyclic) bond motifs is 2. The van der Waals surface area contributed by atoms with Gasteiger partial charge in [0.05, 0.1) is 47.3 Å². The van der Waals surface area contributed by atoms with E-state index in [1.165, 1.54) is 4.90 Å². The molecule has 2 aromatic carbocycles. The van der Waals surface area contributed by atoms with Crippen molar-refractivity contribution in [2.24, 2.45) is 11.8 Å². The molecule has 2 N–H and O–H groups in total. The zero-order valence-corrected chi connectivity index (χ0v) is 25.9. The van der Waals surface area contributed by atoms with Crippen molar-refractivity contribution in [2.45, 2.75) is 56.5 Å². The van der Waals surface area contributed by atoms with Gasteiger partial charge in [0.25, 0.3) is 5.91 Å². The zero-order chi connectivity index (χ0) is 31.9. The third-order valence-electron chi connectivity index (χ3n) is 9.20. The Kier molecular flexibility index (Phi) is 8.56. The van der Waals surface area contributed by atoms with E-state index in [1.807, 2.05) is 43.3 Å². The smallest absolute Gasteiger partial charge is 0.306 e. The molecule has 0 aromatic heterocycles. The number of rotatable bonds is 4. The third-order valence-corrected chi connectivity index (χ3v) is 9.51. The van der Waals surface area contributed by atoms with Crippen LogP contribution in [-0.2, 0) is 28.7 Å². The fraction of sp³-hybridized carbons (Fsp3) is 0.412. The predicted octanol–water partition coefficient (Wildman–Crippen LogP) is 3.26. The second kappa shape index (κ2) is 12.4. The molecule has 0 saturated carbocycles. The average molecular weight is 634 g/mol. The number of ether oxygens (including phenoxy) is 2. The monoisotopic (exact) mass is 633 g/mol. The van der Waals surface area contributed by atoms with Crippen LogP contribution in [0.5, 0.6) is 0 Å². The molecule has 2 fully saturated rings. The van der Waals surface area contributed by atoms with Gasteiger partial charge in [-0.15, -0.1) is 0 Å². The topological polar surface area (TPSA) is 125 Å². The summed E-state index contributed by atoms with van der Waals surface area (Å²) in [5.74, 6) is -3.82. The molecule has 236 valence electrons. The molecule has 0 bridgehead atoms. The van der Waals surface area contributed by atoms with Gasteiger partial charge in [-0.05, 0) is 37.5 Å². The van der Waals surface area contributed by atoms with Gasteiger partial charge in [-0.2, -0.15) is 0 Å². The predicted molar refractivity (Wildman–Crippen MR) is 166 cm³/mol. The molecule has 2 aromatic rings. The number of anilines is 1. The molecule has 0 radical (unpaired) electrons. The highest BCUT2D eigenvalue weighted by atomic mass is 35.5. The Morgan fingerprint density at radius 2 is 1.84 bits per heavy atom. The van der Waals surface area contributed by atoms with Crippen molar-refractivity contribution >= 4 is 41.0 Å². The van der Waals surface area contributed by atoms with Gasteiger partial charge in [-0.25, -0.2) is 0 Å². The summed E-state index contributed by atoms with van der Waals surface area (Å²) in [7, 11) is 0. The van der Waals surface area contributed by atoms with Crippen LogP contribution >= 0.6 is 11.6 Å². The molecule has 10 nitrogen and oxygen atoms in total. The lowest BCUT2D eigenvalue weighted by molar-refractivity contribution is -0.146. The SMILES string of the molecule is Cc1cccc(Cl)c1N1CC=C[C@@]23O[C@H]4/C=C\CCC(=O)OC[C@H](c5ccccc5)NC(=O)[C@H]4[C@@H]2C(=O)N([C@H](C)CO)[C@H]3C1=O. The van der Waals surface area contributed by atoms with Crippen molar-refractivity contribution < 1.29 is 33.8 Å². The number of hydrogen-bond donors (Lipinski definition) is 2. The lowest BCUT2D eigenvalue weighted by atomic mass is 9.77. The summed E-state index contributed by atoms with van der Waals surface area (Å²) < 4.78 is 12.2. The first-order chi connectivity index (χ1) is 21.7. The minimum Gasteiger partial charge on any atom is -0.463 e. The molecule has 0 aliphatic carbocycles. The second-order valence-electron chi connectivity index (χ2n) is 12.0. The number of likely N-dealkylation sites (tertiary alicyclic amines) is 1. The zero-order valence-electron chi connectivity index (χ0n) is 25.1. The number of hydrogen-bond acceptors (Lipinski definition) is 7. The number of nitrogens with one attached hydrogen (secondary N) is 1. The standard InChI is InChI=1S/C34H36ClN3O7/c1-20-10-8-13-23(35)29(20)37-17-9-16-34-28(32(42)38(21(2)18-39)30(34)33(37)43)27-25(45-34)14-6-7-15-26(40)44-19-24(36-31(27)41)22-11-4-3-5-12-22/h3-6,8-14,16,21,24-25,27-28,30,39H,7,15,17-19H2,1-2H3,(H,36,41)/b14-6-/t21-,24-,25+,27-,28-,30+,34-/m1/s1. The summed E-state index contributed by atoms with van der Waals surface area (Å²) in [6.07, 6.45) is 6.57. The van der Waals surface area contributed by atoms with Crippen LogP contribution in [0.15, 0.2) is 72.8 Å². The summed E-state index contributed by atoms with van der Waals surface area (Å²) in [5, 5.41) is 13.6. The van der Waals surface area contributed by atoms with Crippen LogP contribution in [0.1, 0.15) is 36.9 Å². The van der Waals surface area contributed by atoms with Gasteiger partial charge in [0.1, 0.15) is 18.2 Å².